The zero-order chi connectivity index (χ0) is 33.7. The fourth-order valence-corrected chi connectivity index (χ4v) is 8.78. The number of rotatable bonds is 7. The zero-order valence-electron chi connectivity index (χ0n) is 29.2. The Bertz CT molecular complexity index is 2050. The molecule has 0 saturated heterocycles. The predicted octanol–water partition coefficient (Wildman–Crippen LogP) is 13.0. The second kappa shape index (κ2) is 14.9. The van der Waals surface area contributed by atoms with Gasteiger partial charge in [0, 0.05) is 11.5 Å². The van der Waals surface area contributed by atoms with Crippen molar-refractivity contribution < 1.29 is 0 Å². The number of allylic oxidation sites excluding steroid dienone is 20. The lowest BCUT2D eigenvalue weighted by Gasteiger charge is -2.42. The van der Waals surface area contributed by atoms with Crippen LogP contribution in [0.4, 0.5) is 0 Å². The van der Waals surface area contributed by atoms with Crippen LogP contribution >= 0.6 is 0 Å². The van der Waals surface area contributed by atoms with E-state index in [1.165, 1.54) is 46.3 Å². The third-order valence-electron chi connectivity index (χ3n) is 11.4. The van der Waals surface area contributed by atoms with E-state index in [9.17, 15) is 0 Å². The summed E-state index contributed by atoms with van der Waals surface area (Å²) in [6, 6.07) is 24.5. The zero-order valence-corrected chi connectivity index (χ0v) is 29.2. The standard InChI is InChI=1S/C49H47N/c1-35(39-25-17-31-46-44-29-14-13-27-42(44)43-28-15-16-30-45(43)47(46)32-39)18-11-12-20-36-19-5-4-10-26-41(36)40-33-48(37-21-6-2-7-22-37)50-49(34-40)38-23-8-3-9-24-38/h2-8,10-16,18-19,21-23,27-30,32-34,43,45-47H,9,17,20,24-26,31H2,1H3. The van der Waals surface area contributed by atoms with E-state index in [4.69, 9.17) is 4.98 Å². The van der Waals surface area contributed by atoms with Crippen LogP contribution in [0.5, 0.6) is 0 Å². The van der Waals surface area contributed by atoms with Crippen LogP contribution in [0.1, 0.15) is 86.1 Å². The lowest BCUT2D eigenvalue weighted by molar-refractivity contribution is 0.328. The van der Waals surface area contributed by atoms with Crippen molar-refractivity contribution in [2.45, 2.75) is 63.7 Å². The molecule has 248 valence electrons. The van der Waals surface area contributed by atoms with E-state index in [0.717, 1.165) is 49.1 Å². The molecule has 4 unspecified atom stereocenters. The quantitative estimate of drug-likeness (QED) is 0.232. The molecule has 0 saturated carbocycles. The van der Waals surface area contributed by atoms with Crippen molar-refractivity contribution in [3.63, 3.8) is 0 Å². The molecule has 3 aromatic rings. The van der Waals surface area contributed by atoms with Gasteiger partial charge in [-0.1, -0.05) is 146 Å². The fraction of sp³-hybridized carbons (Fsp3) is 0.245. The van der Waals surface area contributed by atoms with Crippen LogP contribution in [0, 0.1) is 11.8 Å². The number of aromatic nitrogens is 1. The average molecular weight is 650 g/mol. The number of pyridine rings is 1. The molecule has 1 nitrogen and oxygen atoms in total. The minimum absolute atomic E-state index is 0.485. The molecule has 0 aliphatic heterocycles. The third kappa shape index (κ3) is 6.75. The highest BCUT2D eigenvalue weighted by Crippen LogP contribution is 2.53. The first-order valence-corrected chi connectivity index (χ1v) is 18.7. The third-order valence-corrected chi connectivity index (χ3v) is 11.4. The Morgan fingerprint density at radius 2 is 1.64 bits per heavy atom. The maximum absolute atomic E-state index is 5.18. The van der Waals surface area contributed by atoms with Crippen LogP contribution in [-0.4, -0.2) is 4.98 Å². The number of hydrogen-bond donors (Lipinski definition) is 0. The molecule has 5 aliphatic rings. The first kappa shape index (κ1) is 32.2. The molecular weight excluding hydrogens is 603 g/mol. The van der Waals surface area contributed by atoms with Crippen LogP contribution < -0.4 is 0 Å². The normalized spacial score (nSPS) is 24.3. The Labute approximate surface area is 299 Å². The van der Waals surface area contributed by atoms with E-state index in [1.807, 2.05) is 0 Å². The molecule has 2 aromatic carbocycles. The minimum atomic E-state index is 0.485. The molecule has 0 fully saturated rings. The second-order valence-corrected chi connectivity index (χ2v) is 14.4. The first-order chi connectivity index (χ1) is 24.7. The Balaban J connectivity index is 1.07. The van der Waals surface area contributed by atoms with Gasteiger partial charge in [-0.05, 0) is 126 Å². The fourth-order valence-electron chi connectivity index (χ4n) is 8.78. The van der Waals surface area contributed by atoms with E-state index in [0.29, 0.717) is 23.7 Å². The molecule has 0 N–H and O–H groups in total. The van der Waals surface area contributed by atoms with Crippen LogP contribution in [0.15, 0.2) is 175 Å². The Morgan fingerprint density at radius 1 is 0.800 bits per heavy atom. The molecule has 5 aliphatic carbocycles. The van der Waals surface area contributed by atoms with Gasteiger partial charge < -0.3 is 0 Å². The molecular formula is C49H47N. The highest BCUT2D eigenvalue weighted by Gasteiger charge is 2.40. The highest BCUT2D eigenvalue weighted by molar-refractivity contribution is 5.79. The van der Waals surface area contributed by atoms with E-state index in [1.54, 1.807) is 11.1 Å². The SMILES string of the molecule is CC(=CC=CCC1=C(c2cc(C3=CC=CCC3)nc(-c3ccccc3)c2)CC=CC=C1)C1=CC2C(CCC1)c1ccccc1C1C=CC=CC12. The van der Waals surface area contributed by atoms with E-state index in [-0.39, 0.29) is 0 Å². The summed E-state index contributed by atoms with van der Waals surface area (Å²) < 4.78 is 0. The molecule has 1 aromatic heterocycles. The molecule has 50 heavy (non-hydrogen) atoms. The topological polar surface area (TPSA) is 12.9 Å². The number of fused-ring (bicyclic) bond motifs is 6. The summed E-state index contributed by atoms with van der Waals surface area (Å²) in [6.07, 6.45) is 42.3. The van der Waals surface area contributed by atoms with Gasteiger partial charge in [-0.25, -0.2) is 4.98 Å². The predicted molar refractivity (Wildman–Crippen MR) is 212 cm³/mol. The summed E-state index contributed by atoms with van der Waals surface area (Å²) in [5.41, 5.74) is 14.7. The van der Waals surface area contributed by atoms with Gasteiger partial charge in [-0.2, -0.15) is 0 Å². The molecule has 0 bridgehead atoms. The van der Waals surface area contributed by atoms with Gasteiger partial charge >= 0.3 is 0 Å². The number of benzene rings is 2. The van der Waals surface area contributed by atoms with E-state index in [2.05, 4.69) is 165 Å². The summed E-state index contributed by atoms with van der Waals surface area (Å²) in [5, 5.41) is 0. The molecule has 8 rings (SSSR count). The lowest BCUT2D eigenvalue weighted by atomic mass is 9.62. The van der Waals surface area contributed by atoms with Crippen LogP contribution in [0.3, 0.4) is 0 Å². The van der Waals surface area contributed by atoms with Gasteiger partial charge in [0.05, 0.1) is 11.4 Å². The van der Waals surface area contributed by atoms with Crippen molar-refractivity contribution in [3.05, 3.63) is 197 Å². The van der Waals surface area contributed by atoms with Crippen molar-refractivity contribution in [1.82, 2.24) is 4.98 Å². The van der Waals surface area contributed by atoms with Gasteiger partial charge in [-0.15, -0.1) is 0 Å². The molecule has 0 radical (unpaired) electrons. The number of hydrogen-bond acceptors (Lipinski definition) is 1. The largest absolute Gasteiger partial charge is 0.248 e. The van der Waals surface area contributed by atoms with Crippen molar-refractivity contribution in [3.8, 4) is 11.3 Å². The summed E-state index contributed by atoms with van der Waals surface area (Å²) >= 11 is 0. The molecule has 0 spiro atoms. The smallest absolute Gasteiger partial charge is 0.0715 e. The van der Waals surface area contributed by atoms with Gasteiger partial charge in [0.2, 0.25) is 0 Å². The Morgan fingerprint density at radius 3 is 2.52 bits per heavy atom. The van der Waals surface area contributed by atoms with Gasteiger partial charge in [0.25, 0.3) is 0 Å². The van der Waals surface area contributed by atoms with Crippen molar-refractivity contribution in [2.75, 3.05) is 0 Å². The summed E-state index contributed by atoms with van der Waals surface area (Å²) in [6.45, 7) is 2.32. The van der Waals surface area contributed by atoms with Gasteiger partial charge in [0.1, 0.15) is 0 Å². The van der Waals surface area contributed by atoms with Crippen LogP contribution in [-0.2, 0) is 0 Å². The van der Waals surface area contributed by atoms with Crippen LogP contribution in [0.25, 0.3) is 22.4 Å². The minimum Gasteiger partial charge on any atom is -0.248 e. The van der Waals surface area contributed by atoms with Crippen molar-refractivity contribution in [1.29, 1.82) is 0 Å². The first-order valence-electron chi connectivity index (χ1n) is 18.7. The molecule has 1 heteroatoms. The maximum atomic E-state index is 5.18. The van der Waals surface area contributed by atoms with Crippen molar-refractivity contribution in [2.24, 2.45) is 11.8 Å². The molecule has 0 amide bonds. The van der Waals surface area contributed by atoms with Gasteiger partial charge in [-0.3, -0.25) is 0 Å². The average Bonchev–Trinajstić information content (AvgIpc) is 3.57. The van der Waals surface area contributed by atoms with Crippen molar-refractivity contribution >= 4 is 11.1 Å². The van der Waals surface area contributed by atoms with Crippen LogP contribution in [0.2, 0.25) is 0 Å². The molecule has 4 atom stereocenters. The number of nitrogens with zero attached hydrogens (tertiary/aromatic N) is 1. The summed E-state index contributed by atoms with van der Waals surface area (Å²) in [5.74, 6) is 2.17. The second-order valence-electron chi connectivity index (χ2n) is 14.4. The van der Waals surface area contributed by atoms with E-state index >= 15 is 0 Å². The summed E-state index contributed by atoms with van der Waals surface area (Å²) in [7, 11) is 0. The lowest BCUT2D eigenvalue weighted by Crippen LogP contribution is -2.31. The maximum Gasteiger partial charge on any atom is 0.0715 e. The van der Waals surface area contributed by atoms with Gasteiger partial charge in [0.15, 0.2) is 0 Å². The Hall–Kier alpha value is -5.01. The van der Waals surface area contributed by atoms with E-state index < -0.39 is 0 Å². The summed E-state index contributed by atoms with van der Waals surface area (Å²) in [4.78, 5) is 5.18. The monoisotopic (exact) mass is 649 g/mol. The Kier molecular flexibility index (Phi) is 9.57. The molecule has 1 heterocycles. The highest BCUT2D eigenvalue weighted by atomic mass is 14.7.